The second-order valence-electron chi connectivity index (χ2n) is 9.69. The Bertz CT molecular complexity index is 646. The van der Waals surface area contributed by atoms with E-state index in [1.54, 1.807) is 0 Å². The van der Waals surface area contributed by atoms with Gasteiger partial charge >= 0.3 is 0 Å². The van der Waals surface area contributed by atoms with E-state index >= 15 is 0 Å². The minimum Gasteiger partial charge on any atom is -0.416 e. The zero-order chi connectivity index (χ0) is 19.8. The molecular weight excluding hydrogens is 356 g/mol. The standard InChI is InChI=1S/C22H36O4Si/c1-20(2,3)27(4,5)26-14-11-18-9-6-7-10-19(18)21(23)12-8-13-22(17-21)24-15-16-25-22/h6-7,9-10,23H,8,11-17H2,1-5H3. The van der Waals surface area contributed by atoms with Gasteiger partial charge < -0.3 is 19.0 Å². The third-order valence-electron chi connectivity index (χ3n) is 6.68. The van der Waals surface area contributed by atoms with E-state index in [2.05, 4.69) is 52.1 Å². The van der Waals surface area contributed by atoms with E-state index in [-0.39, 0.29) is 5.04 Å². The first-order valence-electron chi connectivity index (χ1n) is 10.3. The highest BCUT2D eigenvalue weighted by molar-refractivity contribution is 6.74. The van der Waals surface area contributed by atoms with Crippen LogP contribution in [0.1, 0.15) is 57.6 Å². The summed E-state index contributed by atoms with van der Waals surface area (Å²) in [6, 6.07) is 8.26. The number of ether oxygens (including phenoxy) is 2. The molecule has 1 N–H and O–H groups in total. The van der Waals surface area contributed by atoms with Gasteiger partial charge in [0.15, 0.2) is 14.1 Å². The summed E-state index contributed by atoms with van der Waals surface area (Å²) < 4.78 is 18.2. The quantitative estimate of drug-likeness (QED) is 0.734. The highest BCUT2D eigenvalue weighted by Gasteiger charge is 2.49. The molecule has 2 fully saturated rings. The van der Waals surface area contributed by atoms with Gasteiger partial charge in [-0.1, -0.05) is 45.0 Å². The Hall–Kier alpha value is -0.723. The van der Waals surface area contributed by atoms with Gasteiger partial charge in [-0.15, -0.1) is 0 Å². The predicted molar refractivity (Wildman–Crippen MR) is 110 cm³/mol. The van der Waals surface area contributed by atoms with Gasteiger partial charge in [0, 0.05) is 19.4 Å². The lowest BCUT2D eigenvalue weighted by atomic mass is 9.75. The lowest BCUT2D eigenvalue weighted by molar-refractivity contribution is -0.220. The SMILES string of the molecule is CC(C)(C)[Si](C)(C)OCCc1ccccc1C1(O)CCCC2(C1)OCCO2. The highest BCUT2D eigenvalue weighted by Crippen LogP contribution is 2.46. The fourth-order valence-electron chi connectivity index (χ4n) is 4.07. The second-order valence-corrected chi connectivity index (χ2v) is 14.5. The highest BCUT2D eigenvalue weighted by atomic mass is 28.4. The van der Waals surface area contributed by atoms with Crippen molar-refractivity contribution in [1.82, 2.24) is 0 Å². The Labute approximate surface area is 165 Å². The van der Waals surface area contributed by atoms with Gasteiger partial charge in [-0.3, -0.25) is 0 Å². The van der Waals surface area contributed by atoms with Crippen LogP contribution < -0.4 is 0 Å². The largest absolute Gasteiger partial charge is 0.416 e. The molecule has 0 amide bonds. The zero-order valence-electron chi connectivity index (χ0n) is 17.6. The van der Waals surface area contributed by atoms with Crippen LogP contribution in [0.5, 0.6) is 0 Å². The first-order chi connectivity index (χ1) is 12.6. The first kappa shape index (κ1) is 21.0. The van der Waals surface area contributed by atoms with Gasteiger partial charge in [-0.25, -0.2) is 0 Å². The van der Waals surface area contributed by atoms with Gasteiger partial charge in [-0.2, -0.15) is 0 Å². The third-order valence-corrected chi connectivity index (χ3v) is 11.2. The van der Waals surface area contributed by atoms with Crippen LogP contribution in [-0.4, -0.2) is 39.0 Å². The summed E-state index contributed by atoms with van der Waals surface area (Å²) in [5.41, 5.74) is 1.30. The van der Waals surface area contributed by atoms with Crippen LogP contribution in [-0.2, 0) is 25.9 Å². The summed E-state index contributed by atoms with van der Waals surface area (Å²) in [7, 11) is -1.76. The molecule has 1 aliphatic carbocycles. The molecule has 27 heavy (non-hydrogen) atoms. The molecule has 1 heterocycles. The van der Waals surface area contributed by atoms with E-state index in [1.807, 2.05) is 6.07 Å². The van der Waals surface area contributed by atoms with Crippen molar-refractivity contribution in [1.29, 1.82) is 0 Å². The molecule has 0 bridgehead atoms. The average molecular weight is 393 g/mol. The van der Waals surface area contributed by atoms with Crippen LogP contribution in [0.15, 0.2) is 24.3 Å². The molecule has 1 aliphatic heterocycles. The molecule has 1 atom stereocenters. The van der Waals surface area contributed by atoms with E-state index < -0.39 is 19.7 Å². The monoisotopic (exact) mass is 392 g/mol. The molecule has 1 spiro atoms. The fourth-order valence-corrected chi connectivity index (χ4v) is 5.12. The molecule has 1 saturated heterocycles. The third kappa shape index (κ3) is 4.48. The lowest BCUT2D eigenvalue weighted by Crippen LogP contribution is -2.45. The number of aliphatic hydroxyl groups is 1. The summed E-state index contributed by atoms with van der Waals surface area (Å²) in [5.74, 6) is -0.599. The van der Waals surface area contributed by atoms with E-state index in [4.69, 9.17) is 13.9 Å². The van der Waals surface area contributed by atoms with Crippen molar-refractivity contribution in [3.63, 3.8) is 0 Å². The van der Waals surface area contributed by atoms with Crippen molar-refractivity contribution in [2.75, 3.05) is 19.8 Å². The minimum atomic E-state index is -1.76. The first-order valence-corrected chi connectivity index (χ1v) is 13.2. The molecule has 0 aromatic heterocycles. The smallest absolute Gasteiger partial charge is 0.191 e. The molecule has 1 aromatic rings. The van der Waals surface area contributed by atoms with Crippen molar-refractivity contribution in [3.05, 3.63) is 35.4 Å². The van der Waals surface area contributed by atoms with Gasteiger partial charge in [0.25, 0.3) is 0 Å². The maximum atomic E-state index is 11.5. The van der Waals surface area contributed by atoms with Crippen molar-refractivity contribution >= 4 is 8.32 Å². The molecule has 1 unspecified atom stereocenters. The normalized spacial score (nSPS) is 25.9. The number of benzene rings is 1. The molecule has 4 nitrogen and oxygen atoms in total. The van der Waals surface area contributed by atoms with Crippen LogP contribution in [0.2, 0.25) is 18.1 Å². The Morgan fingerprint density at radius 3 is 2.44 bits per heavy atom. The van der Waals surface area contributed by atoms with Gasteiger partial charge in [-0.05, 0) is 48.5 Å². The van der Waals surface area contributed by atoms with Crippen molar-refractivity contribution in [2.24, 2.45) is 0 Å². The number of hydrogen-bond acceptors (Lipinski definition) is 4. The van der Waals surface area contributed by atoms with Gasteiger partial charge in [0.2, 0.25) is 0 Å². The van der Waals surface area contributed by atoms with Crippen LogP contribution in [0.3, 0.4) is 0 Å². The summed E-state index contributed by atoms with van der Waals surface area (Å²) in [6.07, 6.45) is 3.86. The van der Waals surface area contributed by atoms with Crippen LogP contribution in [0.4, 0.5) is 0 Å². The van der Waals surface area contributed by atoms with Crippen molar-refractivity contribution < 1.29 is 19.0 Å². The Balaban J connectivity index is 1.74. The van der Waals surface area contributed by atoms with Crippen LogP contribution in [0, 0.1) is 0 Å². The lowest BCUT2D eigenvalue weighted by Gasteiger charge is -2.43. The molecular formula is C22H36O4Si. The topological polar surface area (TPSA) is 47.9 Å². The van der Waals surface area contributed by atoms with E-state index in [1.165, 1.54) is 5.56 Å². The molecule has 2 aliphatic rings. The van der Waals surface area contributed by atoms with Crippen LogP contribution in [0.25, 0.3) is 0 Å². The molecule has 0 radical (unpaired) electrons. The predicted octanol–water partition coefficient (Wildman–Crippen LogP) is 4.76. The molecule has 1 aromatic carbocycles. The molecule has 5 heteroatoms. The van der Waals surface area contributed by atoms with E-state index in [0.717, 1.165) is 31.2 Å². The van der Waals surface area contributed by atoms with Gasteiger partial charge in [0.1, 0.15) is 0 Å². The fraction of sp³-hybridized carbons (Fsp3) is 0.727. The average Bonchev–Trinajstić information content (AvgIpc) is 3.01. The number of hydrogen-bond donors (Lipinski definition) is 1. The van der Waals surface area contributed by atoms with Crippen molar-refractivity contribution in [3.8, 4) is 0 Å². The maximum absolute atomic E-state index is 11.5. The van der Waals surface area contributed by atoms with Gasteiger partial charge in [0.05, 0.1) is 18.8 Å². The van der Waals surface area contributed by atoms with E-state index in [9.17, 15) is 5.11 Å². The van der Waals surface area contributed by atoms with Crippen molar-refractivity contribution in [2.45, 2.75) is 82.4 Å². The molecule has 1 saturated carbocycles. The molecule has 3 rings (SSSR count). The Morgan fingerprint density at radius 2 is 1.78 bits per heavy atom. The maximum Gasteiger partial charge on any atom is 0.191 e. The summed E-state index contributed by atoms with van der Waals surface area (Å²) >= 11 is 0. The van der Waals surface area contributed by atoms with E-state index in [0.29, 0.717) is 26.2 Å². The zero-order valence-corrected chi connectivity index (χ0v) is 18.6. The minimum absolute atomic E-state index is 0.206. The summed E-state index contributed by atoms with van der Waals surface area (Å²) in [6.45, 7) is 13.3. The summed E-state index contributed by atoms with van der Waals surface area (Å²) in [4.78, 5) is 0. The Kier molecular flexibility index (Phi) is 5.91. The molecule has 152 valence electrons. The second kappa shape index (κ2) is 7.60. The summed E-state index contributed by atoms with van der Waals surface area (Å²) in [5, 5.41) is 11.8. The number of rotatable bonds is 5. The van der Waals surface area contributed by atoms with Crippen LogP contribution >= 0.6 is 0 Å². The Morgan fingerprint density at radius 1 is 1.11 bits per heavy atom.